The molecule has 2 nitrogen and oxygen atoms in total. The Kier molecular flexibility index (Phi) is 2.88. The van der Waals surface area contributed by atoms with Crippen LogP contribution in [0, 0.1) is 4.91 Å². The summed E-state index contributed by atoms with van der Waals surface area (Å²) in [5.41, 5.74) is -0.486. The van der Waals surface area contributed by atoms with Crippen LogP contribution in [0.1, 0.15) is 24.1 Å². The van der Waals surface area contributed by atoms with Crippen molar-refractivity contribution < 1.29 is 13.2 Å². The summed E-state index contributed by atoms with van der Waals surface area (Å²) in [6.45, 7) is 1.45. The van der Waals surface area contributed by atoms with E-state index in [1.165, 1.54) is 19.1 Å². The Bertz CT molecular complexity index is 335. The third-order valence-electron chi connectivity index (χ3n) is 1.85. The van der Waals surface area contributed by atoms with Crippen molar-refractivity contribution in [3.8, 4) is 0 Å². The van der Waals surface area contributed by atoms with Crippen LogP contribution in [0.5, 0.6) is 0 Å². The van der Waals surface area contributed by atoms with Gasteiger partial charge < -0.3 is 0 Å². The van der Waals surface area contributed by atoms with Crippen molar-refractivity contribution in [3.63, 3.8) is 0 Å². The topological polar surface area (TPSA) is 29.4 Å². The van der Waals surface area contributed by atoms with Crippen molar-refractivity contribution in [3.05, 3.63) is 40.3 Å². The van der Waals surface area contributed by atoms with E-state index in [0.29, 0.717) is 0 Å². The fourth-order valence-corrected chi connectivity index (χ4v) is 1.04. The first kappa shape index (κ1) is 10.7. The number of halogens is 3. The van der Waals surface area contributed by atoms with E-state index < -0.39 is 17.8 Å². The van der Waals surface area contributed by atoms with E-state index in [9.17, 15) is 18.1 Å². The first-order valence-corrected chi connectivity index (χ1v) is 3.95. The second kappa shape index (κ2) is 3.77. The lowest BCUT2D eigenvalue weighted by atomic mass is 10.1. The van der Waals surface area contributed by atoms with Crippen LogP contribution in [0.3, 0.4) is 0 Å². The van der Waals surface area contributed by atoms with Gasteiger partial charge in [-0.1, -0.05) is 17.3 Å². The summed E-state index contributed by atoms with van der Waals surface area (Å²) in [6, 6.07) is 3.85. The molecule has 1 aromatic rings. The van der Waals surface area contributed by atoms with E-state index in [4.69, 9.17) is 0 Å². The highest BCUT2D eigenvalue weighted by molar-refractivity contribution is 5.27. The lowest BCUT2D eigenvalue weighted by Crippen LogP contribution is -2.05. The van der Waals surface area contributed by atoms with Gasteiger partial charge in [0.1, 0.15) is 6.04 Å². The fraction of sp³-hybridized carbons (Fsp3) is 0.333. The van der Waals surface area contributed by atoms with E-state index in [2.05, 4.69) is 5.18 Å². The Balaban J connectivity index is 3.07. The Morgan fingerprint density at radius 2 is 2.00 bits per heavy atom. The molecule has 5 heteroatoms. The average Bonchev–Trinajstić information content (AvgIpc) is 2.15. The Labute approximate surface area is 78.7 Å². The third kappa shape index (κ3) is 2.31. The highest BCUT2D eigenvalue weighted by atomic mass is 19.4. The SMILES string of the molecule is CC(N=O)c1cccc(C(F)(F)F)c1. The number of alkyl halides is 3. The second-order valence-corrected chi connectivity index (χ2v) is 2.90. The molecular weight excluding hydrogens is 195 g/mol. The zero-order valence-electron chi connectivity index (χ0n) is 7.38. The van der Waals surface area contributed by atoms with Gasteiger partial charge in [0.15, 0.2) is 0 Å². The van der Waals surface area contributed by atoms with Gasteiger partial charge in [0.2, 0.25) is 0 Å². The zero-order valence-corrected chi connectivity index (χ0v) is 7.38. The largest absolute Gasteiger partial charge is 0.416 e. The normalized spacial score (nSPS) is 13.7. The van der Waals surface area contributed by atoms with Crippen molar-refractivity contribution in [2.45, 2.75) is 19.1 Å². The lowest BCUT2D eigenvalue weighted by molar-refractivity contribution is -0.137. The lowest BCUT2D eigenvalue weighted by Gasteiger charge is -2.09. The quantitative estimate of drug-likeness (QED) is 0.676. The summed E-state index contributed by atoms with van der Waals surface area (Å²) < 4.78 is 36.7. The predicted octanol–water partition coefficient (Wildman–Crippen LogP) is 3.53. The van der Waals surface area contributed by atoms with Gasteiger partial charge in [-0.2, -0.15) is 18.1 Å². The highest BCUT2D eigenvalue weighted by Crippen LogP contribution is 2.31. The van der Waals surface area contributed by atoms with Gasteiger partial charge in [-0.15, -0.1) is 0 Å². The molecule has 0 N–H and O–H groups in total. The number of hydrogen-bond donors (Lipinski definition) is 0. The van der Waals surface area contributed by atoms with Crippen molar-refractivity contribution in [2.24, 2.45) is 5.18 Å². The molecule has 0 aromatic heterocycles. The highest BCUT2D eigenvalue weighted by Gasteiger charge is 2.30. The van der Waals surface area contributed by atoms with E-state index in [1.54, 1.807) is 0 Å². The van der Waals surface area contributed by atoms with Crippen molar-refractivity contribution in [1.29, 1.82) is 0 Å². The van der Waals surface area contributed by atoms with Crippen LogP contribution in [-0.4, -0.2) is 0 Å². The molecule has 76 valence electrons. The fourth-order valence-electron chi connectivity index (χ4n) is 1.04. The molecule has 0 aliphatic heterocycles. The van der Waals surface area contributed by atoms with Crippen LogP contribution in [0.15, 0.2) is 29.4 Å². The first-order chi connectivity index (χ1) is 6.45. The smallest absolute Gasteiger partial charge is 0.166 e. The maximum absolute atomic E-state index is 12.2. The molecular formula is C9H8F3NO. The van der Waals surface area contributed by atoms with E-state index >= 15 is 0 Å². The molecule has 1 unspecified atom stereocenters. The van der Waals surface area contributed by atoms with E-state index in [1.807, 2.05) is 0 Å². The molecule has 1 aromatic carbocycles. The maximum Gasteiger partial charge on any atom is 0.416 e. The molecule has 1 atom stereocenters. The van der Waals surface area contributed by atoms with E-state index in [0.717, 1.165) is 12.1 Å². The van der Waals surface area contributed by atoms with Crippen LogP contribution < -0.4 is 0 Å². The van der Waals surface area contributed by atoms with Crippen LogP contribution in [0.25, 0.3) is 0 Å². The van der Waals surface area contributed by atoms with E-state index in [-0.39, 0.29) is 5.56 Å². The minimum atomic E-state index is -4.38. The minimum absolute atomic E-state index is 0.273. The number of hydrogen-bond acceptors (Lipinski definition) is 2. The predicted molar refractivity (Wildman–Crippen MR) is 45.7 cm³/mol. The molecule has 0 bridgehead atoms. The molecule has 14 heavy (non-hydrogen) atoms. The Morgan fingerprint density at radius 3 is 2.50 bits per heavy atom. The maximum atomic E-state index is 12.2. The van der Waals surface area contributed by atoms with Crippen LogP contribution >= 0.6 is 0 Å². The number of benzene rings is 1. The molecule has 0 amide bonds. The molecule has 0 aliphatic rings. The third-order valence-corrected chi connectivity index (χ3v) is 1.85. The van der Waals surface area contributed by atoms with Gasteiger partial charge in [-0.05, 0) is 24.6 Å². The van der Waals surface area contributed by atoms with Crippen LogP contribution in [0.2, 0.25) is 0 Å². The summed E-state index contributed by atoms with van der Waals surface area (Å²) in [7, 11) is 0. The number of nitroso groups, excluding NO2 is 1. The van der Waals surface area contributed by atoms with Crippen LogP contribution in [-0.2, 0) is 6.18 Å². The van der Waals surface area contributed by atoms with Gasteiger partial charge in [0.25, 0.3) is 0 Å². The molecule has 0 saturated carbocycles. The molecule has 0 heterocycles. The van der Waals surface area contributed by atoms with Gasteiger partial charge in [-0.3, -0.25) is 0 Å². The summed E-state index contributed by atoms with van der Waals surface area (Å²) in [5, 5.41) is 2.66. The summed E-state index contributed by atoms with van der Waals surface area (Å²) in [6.07, 6.45) is -4.38. The van der Waals surface area contributed by atoms with Gasteiger partial charge >= 0.3 is 6.18 Å². The summed E-state index contributed by atoms with van der Waals surface area (Å²) >= 11 is 0. The van der Waals surface area contributed by atoms with Crippen LogP contribution in [0.4, 0.5) is 13.2 Å². The molecule has 1 rings (SSSR count). The minimum Gasteiger partial charge on any atom is -0.166 e. The Morgan fingerprint density at radius 1 is 1.36 bits per heavy atom. The van der Waals surface area contributed by atoms with Gasteiger partial charge in [-0.25, -0.2) is 0 Å². The standard InChI is InChI=1S/C9H8F3NO/c1-6(13-14)7-3-2-4-8(5-7)9(10,11)12/h2-6H,1H3. The van der Waals surface area contributed by atoms with Gasteiger partial charge in [0, 0.05) is 0 Å². The monoisotopic (exact) mass is 203 g/mol. The molecule has 0 saturated heterocycles. The van der Waals surface area contributed by atoms with Gasteiger partial charge in [0.05, 0.1) is 5.56 Å². The molecule has 0 radical (unpaired) electrons. The molecule has 0 fully saturated rings. The first-order valence-electron chi connectivity index (χ1n) is 3.95. The zero-order chi connectivity index (χ0) is 10.8. The summed E-state index contributed by atoms with van der Waals surface area (Å²) in [4.78, 5) is 10.1. The van der Waals surface area contributed by atoms with Crippen molar-refractivity contribution >= 4 is 0 Å². The molecule has 0 spiro atoms. The second-order valence-electron chi connectivity index (χ2n) is 2.90. The number of rotatable bonds is 2. The van der Waals surface area contributed by atoms with Crippen molar-refractivity contribution in [2.75, 3.05) is 0 Å². The van der Waals surface area contributed by atoms with Crippen molar-refractivity contribution in [1.82, 2.24) is 0 Å². The number of nitrogens with zero attached hydrogens (tertiary/aromatic N) is 1. The summed E-state index contributed by atoms with van der Waals surface area (Å²) in [5.74, 6) is 0. The molecule has 0 aliphatic carbocycles. The Hall–Kier alpha value is -1.39. The average molecular weight is 203 g/mol.